The molecule has 4 heterocycles. The van der Waals surface area contributed by atoms with Crippen molar-refractivity contribution < 1.29 is 0 Å². The van der Waals surface area contributed by atoms with Gasteiger partial charge in [0.1, 0.15) is 5.65 Å². The Morgan fingerprint density at radius 1 is 1.09 bits per heavy atom. The van der Waals surface area contributed by atoms with E-state index in [0.29, 0.717) is 52.0 Å². The van der Waals surface area contributed by atoms with Crippen LogP contribution in [-0.2, 0) is 6.54 Å². The molecule has 1 aromatic carbocycles. The molecule has 1 saturated heterocycles. The summed E-state index contributed by atoms with van der Waals surface area (Å²) in [6.07, 6.45) is 1.77. The molecule has 0 unspecified atom stereocenters. The first-order valence-corrected chi connectivity index (χ1v) is 12.3. The van der Waals surface area contributed by atoms with Gasteiger partial charge in [0.25, 0.3) is 5.56 Å². The van der Waals surface area contributed by atoms with E-state index in [1.165, 1.54) is 0 Å². The number of rotatable bonds is 5. The summed E-state index contributed by atoms with van der Waals surface area (Å²) in [6, 6.07) is 13.5. The average molecular weight is 487 g/mol. The molecule has 178 valence electrons. The van der Waals surface area contributed by atoms with Crippen LogP contribution in [0.3, 0.4) is 0 Å². The van der Waals surface area contributed by atoms with E-state index in [1.54, 1.807) is 13.2 Å². The number of hydrogen-bond acceptors (Lipinski definition) is 6. The highest BCUT2D eigenvalue weighted by molar-refractivity contribution is 6.33. The number of benzene rings is 1. The number of nitrogens with zero attached hydrogens (tertiary/aromatic N) is 5. The molecule has 3 atom stereocenters. The molecule has 0 bridgehead atoms. The number of aromatic nitrogens is 4. The van der Waals surface area contributed by atoms with Crippen molar-refractivity contribution in [1.29, 1.82) is 0 Å². The molecule has 0 spiro atoms. The highest BCUT2D eigenvalue weighted by Crippen LogP contribution is 2.52. The second kappa shape index (κ2) is 8.43. The Bertz CT molecular complexity index is 1500. The highest BCUT2D eigenvalue weighted by atomic mass is 35.5. The molecule has 0 radical (unpaired) electrons. The zero-order chi connectivity index (χ0) is 24.3. The Balaban J connectivity index is 1.45. The van der Waals surface area contributed by atoms with E-state index in [2.05, 4.69) is 32.2 Å². The highest BCUT2D eigenvalue weighted by Gasteiger charge is 2.54. The van der Waals surface area contributed by atoms with Crippen molar-refractivity contribution in [2.75, 3.05) is 32.5 Å². The van der Waals surface area contributed by atoms with Gasteiger partial charge in [-0.05, 0) is 56.0 Å². The molecule has 6 rings (SSSR count). The van der Waals surface area contributed by atoms with E-state index >= 15 is 0 Å². The third kappa shape index (κ3) is 3.89. The predicted octanol–water partition coefficient (Wildman–Crippen LogP) is 4.33. The summed E-state index contributed by atoms with van der Waals surface area (Å²) in [7, 11) is 3.94. The number of aryl methyl sites for hydroxylation is 1. The normalized spacial score (nSPS) is 21.3. The molecule has 1 aliphatic carbocycles. The van der Waals surface area contributed by atoms with Crippen molar-refractivity contribution in [3.8, 4) is 22.4 Å². The lowest BCUT2D eigenvalue weighted by Crippen LogP contribution is -2.27. The van der Waals surface area contributed by atoms with E-state index in [1.807, 2.05) is 54.0 Å². The van der Waals surface area contributed by atoms with Crippen LogP contribution in [-0.4, -0.2) is 51.6 Å². The van der Waals surface area contributed by atoms with Gasteiger partial charge in [0.2, 0.25) is 5.95 Å². The van der Waals surface area contributed by atoms with Crippen molar-refractivity contribution in [3.05, 3.63) is 69.7 Å². The van der Waals surface area contributed by atoms with Crippen molar-refractivity contribution in [3.63, 3.8) is 0 Å². The van der Waals surface area contributed by atoms with Gasteiger partial charge in [0, 0.05) is 65.7 Å². The van der Waals surface area contributed by atoms with Crippen molar-refractivity contribution >= 4 is 28.6 Å². The van der Waals surface area contributed by atoms with E-state index in [-0.39, 0.29) is 5.56 Å². The molecule has 2 fully saturated rings. The molecule has 8 heteroatoms. The molecule has 2 aliphatic rings. The summed E-state index contributed by atoms with van der Waals surface area (Å²) in [5.74, 6) is 2.31. The Morgan fingerprint density at radius 3 is 2.60 bits per heavy atom. The molecular weight excluding hydrogens is 460 g/mol. The Kier molecular flexibility index (Phi) is 5.34. The minimum Gasteiger partial charge on any atom is -0.357 e. The number of anilines is 1. The van der Waals surface area contributed by atoms with Crippen molar-refractivity contribution in [2.45, 2.75) is 13.5 Å². The second-order valence-corrected chi connectivity index (χ2v) is 10.2. The number of hydrogen-bond donors (Lipinski definition) is 1. The molecule has 1 aliphatic heterocycles. The lowest BCUT2D eigenvalue weighted by atomic mass is 10.0. The zero-order valence-corrected chi connectivity index (χ0v) is 20.8. The summed E-state index contributed by atoms with van der Waals surface area (Å²) in [5.41, 5.74) is 4.57. The van der Waals surface area contributed by atoms with Gasteiger partial charge in [-0.3, -0.25) is 14.3 Å². The van der Waals surface area contributed by atoms with E-state index in [0.717, 1.165) is 35.4 Å². The number of likely N-dealkylation sites (tertiary alicyclic amines) is 1. The molecule has 1 N–H and O–H groups in total. The molecule has 1 saturated carbocycles. The molecule has 0 amide bonds. The number of halogens is 1. The fraction of sp³-hybridized carbons (Fsp3) is 0.333. The summed E-state index contributed by atoms with van der Waals surface area (Å²) >= 11 is 6.77. The van der Waals surface area contributed by atoms with Crippen LogP contribution in [0.4, 0.5) is 5.95 Å². The second-order valence-electron chi connectivity index (χ2n) is 9.77. The monoisotopic (exact) mass is 486 g/mol. The third-order valence-electron chi connectivity index (χ3n) is 7.44. The largest absolute Gasteiger partial charge is 0.357 e. The first-order chi connectivity index (χ1) is 16.9. The Hall–Kier alpha value is -3.29. The number of fused-ring (bicyclic) bond motifs is 2. The van der Waals surface area contributed by atoms with Crippen molar-refractivity contribution in [1.82, 2.24) is 24.4 Å². The molecule has 7 nitrogen and oxygen atoms in total. The lowest BCUT2D eigenvalue weighted by molar-refractivity contribution is 0.332. The quantitative estimate of drug-likeness (QED) is 0.452. The number of nitrogens with one attached hydrogen (secondary N) is 1. The van der Waals surface area contributed by atoms with Crippen LogP contribution in [0, 0.1) is 24.7 Å². The van der Waals surface area contributed by atoms with Crippen LogP contribution in [0.2, 0.25) is 5.02 Å². The van der Waals surface area contributed by atoms with E-state index in [4.69, 9.17) is 11.6 Å². The molecule has 3 aromatic heterocycles. The van der Waals surface area contributed by atoms with Gasteiger partial charge in [-0.1, -0.05) is 29.8 Å². The van der Waals surface area contributed by atoms with Gasteiger partial charge in [-0.25, -0.2) is 4.98 Å². The number of piperidine rings is 1. The zero-order valence-electron chi connectivity index (χ0n) is 20.0. The first kappa shape index (κ1) is 22.2. The maximum Gasteiger partial charge on any atom is 0.260 e. The van der Waals surface area contributed by atoms with E-state index < -0.39 is 0 Å². The van der Waals surface area contributed by atoms with Crippen LogP contribution in [0.15, 0.2) is 53.5 Å². The standard InChI is InChI=1S/C27H27ClN6O/c1-15-5-4-6-24(31-15)16-7-8-18(23(28)10-16)19-9-17-11-30-27(29-2)32-25(17)34(26(19)35)14-22-20-12-33(3)13-21(20)22/h4-11,20-22H,12-14H2,1-3H3,(H,29,30,32)/t20-,21+,22+. The fourth-order valence-corrected chi connectivity index (χ4v) is 5.86. The average Bonchev–Trinajstić information content (AvgIpc) is 3.30. The van der Waals surface area contributed by atoms with Crippen LogP contribution in [0.1, 0.15) is 5.69 Å². The number of pyridine rings is 2. The summed E-state index contributed by atoms with van der Waals surface area (Å²) in [4.78, 5) is 29.9. The Morgan fingerprint density at radius 2 is 1.89 bits per heavy atom. The smallest absolute Gasteiger partial charge is 0.260 e. The minimum atomic E-state index is -0.0695. The molecular formula is C27H27ClN6O. The van der Waals surface area contributed by atoms with E-state index in [9.17, 15) is 4.79 Å². The minimum absolute atomic E-state index is 0.0695. The topological polar surface area (TPSA) is 75.9 Å². The molecule has 35 heavy (non-hydrogen) atoms. The predicted molar refractivity (Wildman–Crippen MR) is 140 cm³/mol. The maximum atomic E-state index is 13.9. The summed E-state index contributed by atoms with van der Waals surface area (Å²) < 4.78 is 1.84. The fourth-order valence-electron chi connectivity index (χ4n) is 5.58. The van der Waals surface area contributed by atoms with Gasteiger partial charge in [-0.2, -0.15) is 4.98 Å². The van der Waals surface area contributed by atoms with Crippen LogP contribution >= 0.6 is 11.6 Å². The lowest BCUT2D eigenvalue weighted by Gasteiger charge is -2.17. The SMILES string of the molecule is CNc1ncc2cc(-c3ccc(-c4cccc(C)n4)cc3Cl)c(=O)n(C[C@H]3[C@@H]4CN(C)C[C@@H]43)c2n1. The van der Waals surface area contributed by atoms with Gasteiger partial charge in [0.05, 0.1) is 5.69 Å². The molecule has 4 aromatic rings. The van der Waals surface area contributed by atoms with Gasteiger partial charge < -0.3 is 10.2 Å². The van der Waals surface area contributed by atoms with Gasteiger partial charge >= 0.3 is 0 Å². The third-order valence-corrected chi connectivity index (χ3v) is 7.75. The van der Waals surface area contributed by atoms with Gasteiger partial charge in [-0.15, -0.1) is 0 Å². The maximum absolute atomic E-state index is 13.9. The van der Waals surface area contributed by atoms with Crippen LogP contribution in [0.5, 0.6) is 0 Å². The van der Waals surface area contributed by atoms with Gasteiger partial charge in [0.15, 0.2) is 0 Å². The summed E-state index contributed by atoms with van der Waals surface area (Å²) in [5, 5.41) is 4.33. The first-order valence-electron chi connectivity index (χ1n) is 11.9. The van der Waals surface area contributed by atoms with Crippen LogP contribution in [0.25, 0.3) is 33.4 Å². The summed E-state index contributed by atoms with van der Waals surface area (Å²) in [6.45, 7) is 4.82. The van der Waals surface area contributed by atoms with Crippen molar-refractivity contribution in [2.24, 2.45) is 17.8 Å². The Labute approximate surface area is 208 Å². The van der Waals surface area contributed by atoms with Crippen LogP contribution < -0.4 is 10.9 Å².